The second-order valence-electron chi connectivity index (χ2n) is 9.34. The van der Waals surface area contributed by atoms with Crippen molar-refractivity contribution in [3.63, 3.8) is 0 Å². The molecule has 0 amide bonds. The van der Waals surface area contributed by atoms with Crippen molar-refractivity contribution >= 4 is 5.97 Å². The lowest BCUT2D eigenvalue weighted by molar-refractivity contribution is -0.141. The van der Waals surface area contributed by atoms with Crippen molar-refractivity contribution in [2.45, 2.75) is 123 Å². The number of unbranched alkanes of at least 4 members (excludes halogenated alkanes) is 14. The van der Waals surface area contributed by atoms with Crippen LogP contribution in [0, 0.1) is 0 Å². The molecular formula is C28H57NO4. The van der Waals surface area contributed by atoms with Gasteiger partial charge in [0.25, 0.3) is 0 Å². The molecule has 5 heteroatoms. The largest absolute Gasteiger partial charge is 0.469 e. The summed E-state index contributed by atoms with van der Waals surface area (Å²) < 4.78 is 16.5. The van der Waals surface area contributed by atoms with E-state index >= 15 is 0 Å². The molecule has 0 heterocycles. The van der Waals surface area contributed by atoms with Crippen LogP contribution in [0.3, 0.4) is 0 Å². The fraction of sp³-hybridized carbons (Fsp3) is 0.964. The van der Waals surface area contributed by atoms with Gasteiger partial charge in [-0.15, -0.1) is 0 Å². The summed E-state index contributed by atoms with van der Waals surface area (Å²) in [5, 5.41) is 0. The van der Waals surface area contributed by atoms with Crippen LogP contribution in [0.15, 0.2) is 0 Å². The molecular weight excluding hydrogens is 414 g/mol. The first-order chi connectivity index (χ1) is 16.2. The molecule has 0 unspecified atom stereocenters. The van der Waals surface area contributed by atoms with Crippen molar-refractivity contribution in [1.29, 1.82) is 0 Å². The minimum absolute atomic E-state index is 0.153. The molecule has 0 saturated carbocycles. The molecule has 0 aliphatic rings. The van der Waals surface area contributed by atoms with Crippen LogP contribution in [0.4, 0.5) is 0 Å². The summed E-state index contributed by atoms with van der Waals surface area (Å²) in [5.74, 6) is -0.153. The number of carbonyl (C=O) groups is 1. The van der Waals surface area contributed by atoms with E-state index in [1.165, 1.54) is 97.0 Å². The first-order valence-corrected chi connectivity index (χ1v) is 14.2. The lowest BCUT2D eigenvalue weighted by Gasteiger charge is -2.21. The Morgan fingerprint density at radius 3 is 1.33 bits per heavy atom. The van der Waals surface area contributed by atoms with E-state index in [0.717, 1.165) is 52.4 Å². The highest BCUT2D eigenvalue weighted by Gasteiger charge is 2.09. The Morgan fingerprint density at radius 1 is 0.545 bits per heavy atom. The van der Waals surface area contributed by atoms with Gasteiger partial charge in [0.15, 0.2) is 0 Å². The highest BCUT2D eigenvalue weighted by molar-refractivity contribution is 5.69. The van der Waals surface area contributed by atoms with Gasteiger partial charge in [0, 0.05) is 32.8 Å². The third-order valence-electron chi connectivity index (χ3n) is 6.25. The molecule has 0 aliphatic carbocycles. The Labute approximate surface area is 206 Å². The number of carbonyl (C=O) groups excluding carboxylic acids is 1. The molecule has 0 radical (unpaired) electrons. The summed E-state index contributed by atoms with van der Waals surface area (Å²) >= 11 is 0. The Bertz CT molecular complexity index is 366. The topological polar surface area (TPSA) is 48.0 Å². The van der Waals surface area contributed by atoms with E-state index in [1.54, 1.807) is 0 Å². The maximum absolute atomic E-state index is 11.5. The monoisotopic (exact) mass is 471 g/mol. The lowest BCUT2D eigenvalue weighted by Crippen LogP contribution is -2.33. The normalized spacial score (nSPS) is 11.4. The maximum Gasteiger partial charge on any atom is 0.306 e. The number of hydrogen-bond acceptors (Lipinski definition) is 5. The smallest absolute Gasteiger partial charge is 0.306 e. The maximum atomic E-state index is 11.5. The number of nitrogens with zero attached hydrogens (tertiary/aromatic N) is 1. The lowest BCUT2D eigenvalue weighted by atomic mass is 10.1. The fourth-order valence-electron chi connectivity index (χ4n) is 3.95. The summed E-state index contributed by atoms with van der Waals surface area (Å²) in [5.41, 5.74) is 0. The zero-order valence-electron chi connectivity index (χ0n) is 22.6. The SMILES string of the molecule is CCCCCCCCCCOCCN(CCOCCCCCCCCCC)CCC(=O)OC. The molecule has 0 atom stereocenters. The van der Waals surface area contributed by atoms with Crippen LogP contribution in [-0.4, -0.2) is 64.0 Å². The van der Waals surface area contributed by atoms with Gasteiger partial charge >= 0.3 is 5.97 Å². The van der Waals surface area contributed by atoms with Crippen LogP contribution < -0.4 is 0 Å². The van der Waals surface area contributed by atoms with E-state index in [-0.39, 0.29) is 5.97 Å². The summed E-state index contributed by atoms with van der Waals surface area (Å²) in [6.07, 6.45) is 21.6. The summed E-state index contributed by atoms with van der Waals surface area (Å²) in [7, 11) is 1.45. The zero-order valence-corrected chi connectivity index (χ0v) is 22.6. The molecule has 0 spiro atoms. The van der Waals surface area contributed by atoms with Crippen molar-refractivity contribution in [2.75, 3.05) is 53.2 Å². The molecule has 0 fully saturated rings. The van der Waals surface area contributed by atoms with Crippen LogP contribution >= 0.6 is 0 Å². The zero-order chi connectivity index (χ0) is 24.2. The summed E-state index contributed by atoms with van der Waals surface area (Å²) in [6, 6.07) is 0. The average molecular weight is 472 g/mol. The quantitative estimate of drug-likeness (QED) is 0.0939. The van der Waals surface area contributed by atoms with Crippen molar-refractivity contribution in [3.05, 3.63) is 0 Å². The predicted molar refractivity (Wildman–Crippen MR) is 140 cm³/mol. The molecule has 0 aliphatic heterocycles. The number of ether oxygens (including phenoxy) is 3. The standard InChI is InChI=1S/C28H57NO4/c1-4-6-8-10-12-14-16-18-24-32-26-22-29(21-20-28(30)31-3)23-27-33-25-19-17-15-13-11-9-7-5-2/h4-27H2,1-3H3. The number of methoxy groups -OCH3 is 1. The van der Waals surface area contributed by atoms with Crippen LogP contribution in [-0.2, 0) is 19.0 Å². The molecule has 0 saturated heterocycles. The Hall–Kier alpha value is -0.650. The van der Waals surface area contributed by atoms with Crippen molar-refractivity contribution in [1.82, 2.24) is 4.90 Å². The third-order valence-corrected chi connectivity index (χ3v) is 6.25. The van der Waals surface area contributed by atoms with Crippen LogP contribution in [0.2, 0.25) is 0 Å². The summed E-state index contributed by atoms with van der Waals surface area (Å²) in [4.78, 5) is 13.8. The van der Waals surface area contributed by atoms with Gasteiger partial charge in [-0.1, -0.05) is 104 Å². The molecule has 0 aromatic heterocycles. The minimum Gasteiger partial charge on any atom is -0.469 e. The minimum atomic E-state index is -0.153. The van der Waals surface area contributed by atoms with Gasteiger partial charge in [0.1, 0.15) is 0 Å². The van der Waals surface area contributed by atoms with E-state index in [9.17, 15) is 4.79 Å². The molecule has 33 heavy (non-hydrogen) atoms. The first kappa shape index (κ1) is 32.4. The molecule has 0 aromatic carbocycles. The highest BCUT2D eigenvalue weighted by atomic mass is 16.5. The average Bonchev–Trinajstić information content (AvgIpc) is 2.83. The fourth-order valence-corrected chi connectivity index (χ4v) is 3.95. The Morgan fingerprint density at radius 2 is 0.939 bits per heavy atom. The molecule has 0 aromatic rings. The molecule has 0 rings (SSSR count). The van der Waals surface area contributed by atoms with Gasteiger partial charge in [-0.05, 0) is 12.8 Å². The Balaban J connectivity index is 3.72. The molecule has 198 valence electrons. The van der Waals surface area contributed by atoms with E-state index < -0.39 is 0 Å². The molecule has 0 bridgehead atoms. The first-order valence-electron chi connectivity index (χ1n) is 14.2. The van der Waals surface area contributed by atoms with Crippen LogP contribution in [0.5, 0.6) is 0 Å². The predicted octanol–water partition coefficient (Wildman–Crippen LogP) is 7.17. The number of rotatable bonds is 27. The number of esters is 1. The van der Waals surface area contributed by atoms with E-state index in [0.29, 0.717) is 13.0 Å². The van der Waals surface area contributed by atoms with E-state index in [1.807, 2.05) is 0 Å². The van der Waals surface area contributed by atoms with Crippen molar-refractivity contribution in [2.24, 2.45) is 0 Å². The highest BCUT2D eigenvalue weighted by Crippen LogP contribution is 2.09. The summed E-state index contributed by atoms with van der Waals surface area (Å²) in [6.45, 7) is 10.0. The second kappa shape index (κ2) is 27.6. The van der Waals surface area contributed by atoms with Gasteiger partial charge in [0.05, 0.1) is 26.7 Å². The van der Waals surface area contributed by atoms with Crippen molar-refractivity contribution in [3.8, 4) is 0 Å². The van der Waals surface area contributed by atoms with Crippen LogP contribution in [0.25, 0.3) is 0 Å². The van der Waals surface area contributed by atoms with Gasteiger partial charge in [-0.2, -0.15) is 0 Å². The molecule has 0 N–H and O–H groups in total. The van der Waals surface area contributed by atoms with Gasteiger partial charge in [-0.3, -0.25) is 9.69 Å². The van der Waals surface area contributed by atoms with Gasteiger partial charge in [0.2, 0.25) is 0 Å². The van der Waals surface area contributed by atoms with Gasteiger partial charge in [-0.25, -0.2) is 0 Å². The second-order valence-corrected chi connectivity index (χ2v) is 9.34. The Kier molecular flexibility index (Phi) is 27.0. The van der Waals surface area contributed by atoms with Gasteiger partial charge < -0.3 is 14.2 Å². The molecule has 5 nitrogen and oxygen atoms in total. The van der Waals surface area contributed by atoms with Crippen LogP contribution in [0.1, 0.15) is 123 Å². The third kappa shape index (κ3) is 25.8. The number of hydrogen-bond donors (Lipinski definition) is 0. The van der Waals surface area contributed by atoms with Crippen molar-refractivity contribution < 1.29 is 19.0 Å². The van der Waals surface area contributed by atoms with E-state index in [4.69, 9.17) is 14.2 Å². The van der Waals surface area contributed by atoms with E-state index in [2.05, 4.69) is 18.7 Å².